The van der Waals surface area contributed by atoms with Crippen LogP contribution in [0.4, 0.5) is 0 Å². The van der Waals surface area contributed by atoms with Gasteiger partial charge in [0, 0.05) is 12.8 Å². The fourth-order valence-electron chi connectivity index (χ4n) is 4.44. The van der Waals surface area contributed by atoms with Gasteiger partial charge in [-0.2, -0.15) is 0 Å². The van der Waals surface area contributed by atoms with E-state index in [0.29, 0.717) is 19.3 Å². The molecule has 0 heterocycles. The first-order chi connectivity index (χ1) is 23.8. The second-order valence-corrected chi connectivity index (χ2v) is 13.3. The molecule has 0 fully saturated rings. The Hall–Kier alpha value is -2.33. The minimum absolute atomic E-state index is 0.112. The van der Waals surface area contributed by atoms with Crippen LogP contribution in [0.15, 0.2) is 60.8 Å². The lowest BCUT2D eigenvalue weighted by Crippen LogP contribution is -2.28. The average molecular weight is 713 g/mol. The van der Waals surface area contributed by atoms with Gasteiger partial charge in [0.15, 0.2) is 0 Å². The number of phosphoric ester groups is 1. The summed E-state index contributed by atoms with van der Waals surface area (Å²) in [6, 6.07) is 0. The lowest BCUT2D eigenvalue weighted by atomic mass is 10.1. The van der Waals surface area contributed by atoms with Crippen molar-refractivity contribution in [3.8, 4) is 0 Å². The molecule has 0 aliphatic carbocycles. The molecule has 0 spiro atoms. The predicted molar refractivity (Wildman–Crippen MR) is 196 cm³/mol. The second kappa shape index (κ2) is 34.1. The molecule has 0 radical (unpaired) electrons. The van der Waals surface area contributed by atoms with Crippen molar-refractivity contribution in [3.63, 3.8) is 0 Å². The summed E-state index contributed by atoms with van der Waals surface area (Å²) in [6.07, 6.45) is 35.0. The lowest BCUT2D eigenvalue weighted by molar-refractivity contribution is -0.153. The number of aliphatic hydroxyl groups is 2. The Morgan fingerprint density at radius 3 is 1.39 bits per heavy atom. The largest absolute Gasteiger partial charge is 0.472 e. The first-order valence-electron chi connectivity index (χ1n) is 18.2. The van der Waals surface area contributed by atoms with Crippen molar-refractivity contribution < 1.29 is 47.8 Å². The van der Waals surface area contributed by atoms with E-state index in [2.05, 4.69) is 62.5 Å². The minimum atomic E-state index is -4.64. The number of ether oxygens (including phenoxy) is 2. The normalized spacial score (nSPS) is 14.8. The molecule has 0 amide bonds. The van der Waals surface area contributed by atoms with Gasteiger partial charge in [0.1, 0.15) is 12.2 Å². The molecular formula is C38H65O10P. The molecule has 3 unspecified atom stereocenters. The highest BCUT2D eigenvalue weighted by atomic mass is 31.2. The van der Waals surface area contributed by atoms with Crippen LogP contribution < -0.4 is 0 Å². The third kappa shape index (κ3) is 32.6. The Bertz CT molecular complexity index is 1000. The lowest BCUT2D eigenvalue weighted by Gasteiger charge is -2.20. The number of rotatable bonds is 33. The number of hydrogen-bond acceptors (Lipinski definition) is 9. The number of phosphoric acid groups is 1. The molecular weight excluding hydrogens is 647 g/mol. The standard InChI is InChI=1S/C38H65O10P/c1-3-5-7-9-11-13-14-15-16-17-18-19-20-22-24-26-28-30-38(42)48-36(32-40)34-46-49(43,44)45-33-35(31-39)47-37(41)29-27-25-23-21-12-10-8-6-4-2/h5,7,11,13,15-16,18-19,22,24,35-36,39-40H,3-4,6,8-10,12,14,17,20-21,23,25-34H2,1-2H3,(H,43,44)/b7-5-,13-11-,16-15-,19-18-,24-22-. The number of carbonyl (C=O) groups is 2. The van der Waals surface area contributed by atoms with Gasteiger partial charge >= 0.3 is 19.8 Å². The summed E-state index contributed by atoms with van der Waals surface area (Å²) >= 11 is 0. The van der Waals surface area contributed by atoms with E-state index >= 15 is 0 Å². The first-order valence-corrected chi connectivity index (χ1v) is 19.7. The third-order valence-electron chi connectivity index (χ3n) is 7.24. The van der Waals surface area contributed by atoms with Gasteiger partial charge in [-0.3, -0.25) is 18.6 Å². The quantitative estimate of drug-likeness (QED) is 0.0261. The molecule has 0 saturated carbocycles. The van der Waals surface area contributed by atoms with Crippen LogP contribution in [-0.2, 0) is 32.7 Å². The van der Waals surface area contributed by atoms with E-state index in [4.69, 9.17) is 18.5 Å². The highest BCUT2D eigenvalue weighted by molar-refractivity contribution is 7.47. The van der Waals surface area contributed by atoms with E-state index in [9.17, 15) is 29.3 Å². The van der Waals surface area contributed by atoms with Gasteiger partial charge in [-0.25, -0.2) is 4.57 Å². The summed E-state index contributed by atoms with van der Waals surface area (Å²) in [5.74, 6) is -1.09. The molecule has 0 aliphatic heterocycles. The van der Waals surface area contributed by atoms with Crippen LogP contribution in [-0.4, -0.2) is 65.7 Å². The van der Waals surface area contributed by atoms with Crippen LogP contribution in [0, 0.1) is 0 Å². The first kappa shape index (κ1) is 46.7. The van der Waals surface area contributed by atoms with E-state index < -0.39 is 58.4 Å². The monoisotopic (exact) mass is 712 g/mol. The van der Waals surface area contributed by atoms with Gasteiger partial charge < -0.3 is 24.6 Å². The molecule has 0 aliphatic rings. The molecule has 3 atom stereocenters. The Kier molecular flexibility index (Phi) is 32.5. The maximum Gasteiger partial charge on any atom is 0.472 e. The third-order valence-corrected chi connectivity index (χ3v) is 8.20. The van der Waals surface area contributed by atoms with Crippen LogP contribution in [0.3, 0.4) is 0 Å². The van der Waals surface area contributed by atoms with Crippen LogP contribution >= 0.6 is 7.82 Å². The smallest absolute Gasteiger partial charge is 0.457 e. The number of hydrogen-bond donors (Lipinski definition) is 3. The van der Waals surface area contributed by atoms with Crippen molar-refractivity contribution in [2.24, 2.45) is 0 Å². The molecule has 0 bridgehead atoms. The number of esters is 2. The summed E-state index contributed by atoms with van der Waals surface area (Å²) in [7, 11) is -4.64. The van der Waals surface area contributed by atoms with Gasteiger partial charge in [0.25, 0.3) is 0 Å². The number of carbonyl (C=O) groups excluding carboxylic acids is 2. The predicted octanol–water partition coefficient (Wildman–Crippen LogP) is 8.77. The Labute approximate surface area is 296 Å². The molecule has 3 N–H and O–H groups in total. The Balaban J connectivity index is 4.10. The summed E-state index contributed by atoms with van der Waals surface area (Å²) in [5, 5.41) is 19.0. The van der Waals surface area contributed by atoms with Gasteiger partial charge in [-0.05, 0) is 51.4 Å². The highest BCUT2D eigenvalue weighted by Gasteiger charge is 2.27. The van der Waals surface area contributed by atoms with Crippen LogP contribution in [0.5, 0.6) is 0 Å². The average Bonchev–Trinajstić information content (AvgIpc) is 3.09. The maximum atomic E-state index is 12.3. The van der Waals surface area contributed by atoms with Crippen LogP contribution in [0.25, 0.3) is 0 Å². The fraction of sp³-hybridized carbons (Fsp3) is 0.684. The minimum Gasteiger partial charge on any atom is -0.457 e. The summed E-state index contributed by atoms with van der Waals surface area (Å²) in [5.41, 5.74) is 0. The van der Waals surface area contributed by atoms with Gasteiger partial charge in [-0.1, -0.05) is 126 Å². The van der Waals surface area contributed by atoms with Crippen molar-refractivity contribution in [2.75, 3.05) is 26.4 Å². The summed E-state index contributed by atoms with van der Waals surface area (Å²) in [4.78, 5) is 34.2. The van der Waals surface area contributed by atoms with Crippen molar-refractivity contribution >= 4 is 19.8 Å². The van der Waals surface area contributed by atoms with Crippen molar-refractivity contribution in [2.45, 2.75) is 142 Å². The molecule has 0 aromatic carbocycles. The Morgan fingerprint density at radius 1 is 0.571 bits per heavy atom. The van der Waals surface area contributed by atoms with Crippen LogP contribution in [0.1, 0.15) is 129 Å². The molecule has 0 rings (SSSR count). The SMILES string of the molecule is CC/C=C\C/C=C\C/C=C\C/C=C\C/C=C\CCCC(=O)OC(CO)COP(=O)(O)OCC(CO)OC(=O)CCCCCCCCCCC. The zero-order valence-electron chi connectivity index (χ0n) is 30.1. The molecule has 11 heteroatoms. The van der Waals surface area contributed by atoms with E-state index in [1.165, 1.54) is 32.1 Å². The van der Waals surface area contributed by atoms with E-state index in [1.54, 1.807) is 0 Å². The topological polar surface area (TPSA) is 149 Å². The number of allylic oxidation sites excluding steroid dienone is 10. The highest BCUT2D eigenvalue weighted by Crippen LogP contribution is 2.43. The number of aliphatic hydroxyl groups excluding tert-OH is 2. The van der Waals surface area contributed by atoms with Crippen molar-refractivity contribution in [1.82, 2.24) is 0 Å². The fourth-order valence-corrected chi connectivity index (χ4v) is 5.23. The number of unbranched alkanes of at least 4 members (excludes halogenated alkanes) is 9. The van der Waals surface area contributed by atoms with Gasteiger partial charge in [-0.15, -0.1) is 0 Å². The van der Waals surface area contributed by atoms with Crippen molar-refractivity contribution in [1.29, 1.82) is 0 Å². The van der Waals surface area contributed by atoms with Gasteiger partial charge in [0.05, 0.1) is 26.4 Å². The molecule has 282 valence electrons. The van der Waals surface area contributed by atoms with E-state index in [1.807, 2.05) is 12.2 Å². The van der Waals surface area contributed by atoms with E-state index in [-0.39, 0.29) is 12.8 Å². The molecule has 49 heavy (non-hydrogen) atoms. The zero-order chi connectivity index (χ0) is 36.3. The molecule has 0 aromatic heterocycles. The second-order valence-electron chi connectivity index (χ2n) is 11.8. The maximum absolute atomic E-state index is 12.3. The molecule has 0 saturated heterocycles. The zero-order valence-corrected chi connectivity index (χ0v) is 31.0. The van der Waals surface area contributed by atoms with Crippen LogP contribution in [0.2, 0.25) is 0 Å². The molecule has 0 aromatic rings. The Morgan fingerprint density at radius 2 is 0.959 bits per heavy atom. The molecule has 10 nitrogen and oxygen atoms in total. The van der Waals surface area contributed by atoms with Gasteiger partial charge in [0.2, 0.25) is 0 Å². The summed E-state index contributed by atoms with van der Waals surface area (Å²) < 4.78 is 32.3. The summed E-state index contributed by atoms with van der Waals surface area (Å²) in [6.45, 7) is 1.96. The van der Waals surface area contributed by atoms with Crippen molar-refractivity contribution in [3.05, 3.63) is 60.8 Å². The van der Waals surface area contributed by atoms with E-state index in [0.717, 1.165) is 51.4 Å².